The Bertz CT molecular complexity index is 312. The molecular formula is C8H8NO2S. The summed E-state index contributed by atoms with van der Waals surface area (Å²) in [6.07, 6.45) is 1.88. The Hall–Kier alpha value is -1.03. The van der Waals surface area contributed by atoms with Crippen molar-refractivity contribution < 1.29 is 4.92 Å². The maximum atomic E-state index is 10.4. The summed E-state index contributed by atoms with van der Waals surface area (Å²) in [6.45, 7) is 3.57. The first-order valence-corrected chi connectivity index (χ1v) is 4.52. The van der Waals surface area contributed by atoms with Crippen molar-refractivity contribution in [2.45, 2.75) is 4.90 Å². The van der Waals surface area contributed by atoms with Crippen LogP contribution in [0.5, 0.6) is 0 Å². The van der Waals surface area contributed by atoms with Crippen LogP contribution in [0.3, 0.4) is 0 Å². The van der Waals surface area contributed by atoms with E-state index in [0.717, 1.165) is 4.90 Å². The minimum atomic E-state index is -0.415. The Balaban J connectivity index is 3.17. The molecule has 1 radical (unpaired) electrons. The average Bonchev–Trinajstić information content (AvgIpc) is 2.05. The van der Waals surface area contributed by atoms with Crippen LogP contribution in [-0.4, -0.2) is 11.2 Å². The van der Waals surface area contributed by atoms with E-state index in [1.165, 1.54) is 17.8 Å². The second kappa shape index (κ2) is 3.58. The normalized spacial score (nSPS) is 9.83. The van der Waals surface area contributed by atoms with Gasteiger partial charge in [-0.15, -0.1) is 11.8 Å². The third kappa shape index (κ3) is 1.76. The summed E-state index contributed by atoms with van der Waals surface area (Å²) < 4.78 is 0. The van der Waals surface area contributed by atoms with E-state index in [1.807, 2.05) is 12.3 Å². The topological polar surface area (TPSA) is 43.1 Å². The average molecular weight is 182 g/mol. The largest absolute Gasteiger partial charge is 0.273 e. The minimum absolute atomic E-state index is 0.0850. The lowest BCUT2D eigenvalue weighted by Crippen LogP contribution is -1.91. The molecule has 1 rings (SSSR count). The van der Waals surface area contributed by atoms with Gasteiger partial charge in [0.05, 0.1) is 4.92 Å². The molecule has 0 saturated carbocycles. The molecule has 63 valence electrons. The lowest BCUT2D eigenvalue weighted by Gasteiger charge is -1.98. The third-order valence-corrected chi connectivity index (χ3v) is 2.21. The summed E-state index contributed by atoms with van der Waals surface area (Å²) in [5.74, 6) is 0. The molecule has 0 aliphatic rings. The van der Waals surface area contributed by atoms with Crippen molar-refractivity contribution in [1.82, 2.24) is 0 Å². The number of rotatable bonds is 2. The summed E-state index contributed by atoms with van der Waals surface area (Å²) in [7, 11) is 0. The second-order valence-electron chi connectivity index (χ2n) is 2.25. The molecule has 4 heteroatoms. The van der Waals surface area contributed by atoms with Crippen LogP contribution < -0.4 is 0 Å². The van der Waals surface area contributed by atoms with E-state index in [1.54, 1.807) is 6.07 Å². The Morgan fingerprint density at radius 1 is 1.58 bits per heavy atom. The number of hydrogen-bond acceptors (Lipinski definition) is 3. The van der Waals surface area contributed by atoms with Crippen LogP contribution >= 0.6 is 11.8 Å². The molecule has 0 N–H and O–H groups in total. The quantitative estimate of drug-likeness (QED) is 0.401. The van der Waals surface area contributed by atoms with Crippen LogP contribution in [0.2, 0.25) is 0 Å². The number of nitrogens with zero attached hydrogens (tertiary/aromatic N) is 1. The van der Waals surface area contributed by atoms with Crippen molar-refractivity contribution in [3.8, 4) is 0 Å². The van der Waals surface area contributed by atoms with Gasteiger partial charge in [-0.25, -0.2) is 0 Å². The van der Waals surface area contributed by atoms with Crippen molar-refractivity contribution in [3.05, 3.63) is 40.8 Å². The van der Waals surface area contributed by atoms with Crippen molar-refractivity contribution in [2.24, 2.45) is 0 Å². The number of hydrogen-bond donors (Lipinski definition) is 0. The third-order valence-electron chi connectivity index (χ3n) is 1.49. The van der Waals surface area contributed by atoms with E-state index >= 15 is 0 Å². The SMILES string of the molecule is [CH2]c1ccc(SC)cc1[N+](=O)[O-]. The number of thioether (sulfide) groups is 1. The highest BCUT2D eigenvalue weighted by Crippen LogP contribution is 2.24. The van der Waals surface area contributed by atoms with Crippen LogP contribution in [0, 0.1) is 17.0 Å². The number of nitro groups is 1. The van der Waals surface area contributed by atoms with Crippen molar-refractivity contribution in [1.29, 1.82) is 0 Å². The van der Waals surface area contributed by atoms with Gasteiger partial charge in [0.25, 0.3) is 5.69 Å². The number of nitro benzene ring substituents is 1. The zero-order chi connectivity index (χ0) is 9.14. The standard InChI is InChI=1S/C8H8NO2S/c1-6-3-4-7(12-2)5-8(6)9(10)11/h3-5H,1H2,2H3. The van der Waals surface area contributed by atoms with E-state index in [4.69, 9.17) is 0 Å². The van der Waals surface area contributed by atoms with Gasteiger partial charge < -0.3 is 0 Å². The van der Waals surface area contributed by atoms with Gasteiger partial charge in [-0.05, 0) is 19.2 Å². The first-order valence-electron chi connectivity index (χ1n) is 3.29. The molecule has 3 nitrogen and oxygen atoms in total. The zero-order valence-electron chi connectivity index (χ0n) is 6.61. The molecule has 0 saturated heterocycles. The number of benzene rings is 1. The lowest BCUT2D eigenvalue weighted by atomic mass is 10.2. The maximum Gasteiger partial charge on any atom is 0.273 e. The molecule has 0 atom stereocenters. The van der Waals surface area contributed by atoms with Gasteiger partial charge in [0, 0.05) is 16.5 Å². The highest BCUT2D eigenvalue weighted by atomic mass is 32.2. The van der Waals surface area contributed by atoms with Gasteiger partial charge in [-0.2, -0.15) is 0 Å². The van der Waals surface area contributed by atoms with Crippen molar-refractivity contribution >= 4 is 17.4 Å². The highest BCUT2D eigenvalue weighted by Gasteiger charge is 2.09. The van der Waals surface area contributed by atoms with E-state index in [9.17, 15) is 10.1 Å². The Kier molecular flexibility index (Phi) is 2.70. The van der Waals surface area contributed by atoms with Gasteiger partial charge in [-0.3, -0.25) is 10.1 Å². The molecular weight excluding hydrogens is 174 g/mol. The van der Waals surface area contributed by atoms with Gasteiger partial charge in [-0.1, -0.05) is 6.07 Å². The fraction of sp³-hybridized carbons (Fsp3) is 0.125. The monoisotopic (exact) mass is 182 g/mol. The summed E-state index contributed by atoms with van der Waals surface area (Å²) in [5.41, 5.74) is 0.541. The molecule has 1 aromatic rings. The van der Waals surface area contributed by atoms with Crippen LogP contribution in [0.4, 0.5) is 5.69 Å². The lowest BCUT2D eigenvalue weighted by molar-refractivity contribution is -0.385. The predicted molar refractivity (Wildman–Crippen MR) is 49.3 cm³/mol. The van der Waals surface area contributed by atoms with E-state index < -0.39 is 4.92 Å². The molecule has 0 spiro atoms. The molecule has 0 amide bonds. The molecule has 0 bridgehead atoms. The molecule has 12 heavy (non-hydrogen) atoms. The van der Waals surface area contributed by atoms with E-state index in [0.29, 0.717) is 5.56 Å². The van der Waals surface area contributed by atoms with Gasteiger partial charge >= 0.3 is 0 Å². The van der Waals surface area contributed by atoms with Gasteiger partial charge in [0.2, 0.25) is 0 Å². The summed E-state index contributed by atoms with van der Waals surface area (Å²) in [6, 6.07) is 5.01. The highest BCUT2D eigenvalue weighted by molar-refractivity contribution is 7.98. The molecule has 0 unspecified atom stereocenters. The van der Waals surface area contributed by atoms with Crippen molar-refractivity contribution in [2.75, 3.05) is 6.26 Å². The van der Waals surface area contributed by atoms with Crippen LogP contribution in [0.1, 0.15) is 5.56 Å². The first-order chi connectivity index (χ1) is 5.65. The first kappa shape index (κ1) is 9.06. The molecule has 0 aliphatic heterocycles. The minimum Gasteiger partial charge on any atom is -0.258 e. The summed E-state index contributed by atoms with van der Waals surface area (Å²) in [5, 5.41) is 10.4. The fourth-order valence-electron chi connectivity index (χ4n) is 0.841. The summed E-state index contributed by atoms with van der Waals surface area (Å²) in [4.78, 5) is 10.9. The molecule has 0 fully saturated rings. The van der Waals surface area contributed by atoms with Crippen LogP contribution in [-0.2, 0) is 0 Å². The fourth-order valence-corrected chi connectivity index (χ4v) is 1.27. The molecule has 1 aromatic carbocycles. The maximum absolute atomic E-state index is 10.4. The van der Waals surface area contributed by atoms with Gasteiger partial charge in [0.15, 0.2) is 0 Å². The Labute approximate surface area is 74.9 Å². The van der Waals surface area contributed by atoms with Crippen LogP contribution in [0.15, 0.2) is 23.1 Å². The zero-order valence-corrected chi connectivity index (χ0v) is 7.43. The van der Waals surface area contributed by atoms with E-state index in [-0.39, 0.29) is 5.69 Å². The Morgan fingerprint density at radius 2 is 2.25 bits per heavy atom. The smallest absolute Gasteiger partial charge is 0.258 e. The van der Waals surface area contributed by atoms with Crippen LogP contribution in [0.25, 0.3) is 0 Å². The van der Waals surface area contributed by atoms with Crippen molar-refractivity contribution in [3.63, 3.8) is 0 Å². The van der Waals surface area contributed by atoms with Gasteiger partial charge in [0.1, 0.15) is 0 Å². The molecule has 0 aliphatic carbocycles. The predicted octanol–water partition coefficient (Wildman–Crippen LogP) is 2.50. The van der Waals surface area contributed by atoms with E-state index in [2.05, 4.69) is 6.92 Å². The molecule has 0 aromatic heterocycles. The second-order valence-corrected chi connectivity index (χ2v) is 3.13. The summed E-state index contributed by atoms with van der Waals surface area (Å²) >= 11 is 1.48. The molecule has 0 heterocycles. The Morgan fingerprint density at radius 3 is 2.75 bits per heavy atom.